The van der Waals surface area contributed by atoms with Gasteiger partial charge in [-0.05, 0) is 74.8 Å². The highest BCUT2D eigenvalue weighted by atomic mass is 16.3. The predicted octanol–water partition coefficient (Wildman–Crippen LogP) is 13.3. The summed E-state index contributed by atoms with van der Waals surface area (Å²) in [5.74, 6) is 1.62. The average molecular weight is 729 g/mol. The maximum absolute atomic E-state index is 9.67. The molecule has 266 valence electrons. The topological polar surface area (TPSA) is 75.6 Å². The van der Waals surface area contributed by atoms with Crippen LogP contribution in [0.2, 0.25) is 0 Å². The molecule has 0 saturated heterocycles. The summed E-state index contributed by atoms with van der Waals surface area (Å²) in [6, 6.07) is 68.1. The number of nitrogens with zero attached hydrogens (tertiary/aromatic N) is 4. The smallest absolute Gasteiger partial charge is 0.164 e. The zero-order chi connectivity index (χ0) is 38.1. The van der Waals surface area contributed by atoms with Crippen LogP contribution < -0.4 is 0 Å². The number of hydrogen-bond acceptors (Lipinski definition) is 5. The van der Waals surface area contributed by atoms with Gasteiger partial charge in [-0.25, -0.2) is 15.0 Å². The van der Waals surface area contributed by atoms with Crippen LogP contribution in [0.3, 0.4) is 0 Å². The molecule has 0 unspecified atom stereocenters. The zero-order valence-corrected chi connectivity index (χ0v) is 30.7. The Morgan fingerprint density at radius 1 is 0.351 bits per heavy atom. The van der Waals surface area contributed by atoms with Gasteiger partial charge in [-0.3, -0.25) is 0 Å². The molecule has 5 heteroatoms. The third kappa shape index (κ3) is 6.42. The van der Waals surface area contributed by atoms with Gasteiger partial charge in [0.05, 0.1) is 11.6 Å². The summed E-state index contributed by atoms with van der Waals surface area (Å²) in [6.45, 7) is 0. The van der Waals surface area contributed by atoms with E-state index in [-0.39, 0.29) is 0 Å². The summed E-state index contributed by atoms with van der Waals surface area (Å²) in [4.78, 5) is 15.3. The third-order valence-electron chi connectivity index (χ3n) is 10.4. The van der Waals surface area contributed by atoms with Crippen LogP contribution in [-0.2, 0) is 0 Å². The van der Waals surface area contributed by atoms with Crippen LogP contribution in [0.25, 0.3) is 101 Å². The fraction of sp³-hybridized carbons (Fsp3) is 0. The quantitative estimate of drug-likeness (QED) is 0.163. The molecule has 0 radical (unpaired) electrons. The predicted molar refractivity (Wildman–Crippen MR) is 230 cm³/mol. The Balaban J connectivity index is 1.10. The number of aromatic nitrogens is 3. The standard InChI is InChI=1S/C52H32N4O/c53-33-34-11-9-16-41(31-34)43-17-7-8-18-45(43)52-55-50(40-27-23-38(24-28-40)36-14-5-2-6-15-36)54-51(56-52)42-29-30-46-48(32-42)57-47-20-10-19-44(49(46)47)39-25-21-37(22-26-39)35-12-3-1-4-13-35/h1-32H. The molecule has 8 aromatic carbocycles. The summed E-state index contributed by atoms with van der Waals surface area (Å²) in [5.41, 5.74) is 13.4. The van der Waals surface area contributed by atoms with Crippen molar-refractivity contribution in [2.45, 2.75) is 0 Å². The van der Waals surface area contributed by atoms with E-state index in [9.17, 15) is 5.26 Å². The molecule has 5 nitrogen and oxygen atoms in total. The number of rotatable bonds is 7. The maximum Gasteiger partial charge on any atom is 0.164 e. The Kier molecular flexibility index (Phi) is 8.48. The number of nitriles is 1. The second-order valence-electron chi connectivity index (χ2n) is 13.9. The van der Waals surface area contributed by atoms with E-state index in [0.29, 0.717) is 23.0 Å². The molecule has 0 spiro atoms. The molecule has 0 saturated carbocycles. The second-order valence-corrected chi connectivity index (χ2v) is 13.9. The largest absolute Gasteiger partial charge is 0.456 e. The van der Waals surface area contributed by atoms with Gasteiger partial charge in [0.15, 0.2) is 17.5 Å². The van der Waals surface area contributed by atoms with Crippen molar-refractivity contribution < 1.29 is 4.42 Å². The number of fused-ring (bicyclic) bond motifs is 3. The van der Waals surface area contributed by atoms with Crippen molar-refractivity contribution in [3.63, 3.8) is 0 Å². The molecule has 0 fully saturated rings. The minimum absolute atomic E-state index is 0.529. The molecule has 57 heavy (non-hydrogen) atoms. The lowest BCUT2D eigenvalue weighted by Crippen LogP contribution is -2.01. The molecular weight excluding hydrogens is 697 g/mol. The Morgan fingerprint density at radius 2 is 0.860 bits per heavy atom. The first kappa shape index (κ1) is 33.6. The van der Waals surface area contributed by atoms with Gasteiger partial charge >= 0.3 is 0 Å². The van der Waals surface area contributed by atoms with E-state index >= 15 is 0 Å². The Bertz CT molecular complexity index is 3110. The summed E-state index contributed by atoms with van der Waals surface area (Å²) in [6.07, 6.45) is 0. The highest BCUT2D eigenvalue weighted by Crippen LogP contribution is 2.39. The van der Waals surface area contributed by atoms with Crippen molar-refractivity contribution in [1.29, 1.82) is 5.26 Å². The summed E-state index contributed by atoms with van der Waals surface area (Å²) in [5, 5.41) is 11.7. The van der Waals surface area contributed by atoms with Gasteiger partial charge in [-0.2, -0.15) is 5.26 Å². The molecule has 0 N–H and O–H groups in total. The molecule has 0 aliphatic heterocycles. The maximum atomic E-state index is 9.67. The SMILES string of the molecule is N#Cc1cccc(-c2ccccc2-c2nc(-c3ccc(-c4ccccc4)cc3)nc(-c3ccc4c(c3)oc3cccc(-c5ccc(-c6ccccc6)cc5)c34)n2)c1. The second kappa shape index (κ2) is 14.4. The van der Waals surface area contributed by atoms with Crippen molar-refractivity contribution in [3.05, 3.63) is 200 Å². The first-order valence-corrected chi connectivity index (χ1v) is 18.8. The van der Waals surface area contributed by atoms with Crippen LogP contribution in [0, 0.1) is 11.3 Å². The first-order valence-electron chi connectivity index (χ1n) is 18.8. The number of furan rings is 1. The molecule has 2 heterocycles. The lowest BCUT2D eigenvalue weighted by Gasteiger charge is -2.12. The Morgan fingerprint density at radius 3 is 1.54 bits per heavy atom. The van der Waals surface area contributed by atoms with E-state index in [1.165, 1.54) is 11.1 Å². The van der Waals surface area contributed by atoms with Crippen molar-refractivity contribution in [1.82, 2.24) is 15.0 Å². The normalized spacial score (nSPS) is 11.1. The van der Waals surface area contributed by atoms with Gasteiger partial charge in [-0.1, -0.05) is 164 Å². The first-order chi connectivity index (χ1) is 28.2. The summed E-state index contributed by atoms with van der Waals surface area (Å²) >= 11 is 0. The molecule has 0 aliphatic rings. The summed E-state index contributed by atoms with van der Waals surface area (Å²) < 4.78 is 6.56. The fourth-order valence-corrected chi connectivity index (χ4v) is 7.56. The highest BCUT2D eigenvalue weighted by molar-refractivity contribution is 6.13. The van der Waals surface area contributed by atoms with E-state index in [1.54, 1.807) is 0 Å². The molecule has 10 rings (SSSR count). The van der Waals surface area contributed by atoms with E-state index in [1.807, 2.05) is 91.0 Å². The monoisotopic (exact) mass is 728 g/mol. The zero-order valence-electron chi connectivity index (χ0n) is 30.7. The third-order valence-corrected chi connectivity index (χ3v) is 10.4. The number of benzene rings is 8. The van der Waals surface area contributed by atoms with Crippen LogP contribution >= 0.6 is 0 Å². The van der Waals surface area contributed by atoms with E-state index in [2.05, 4.69) is 109 Å². The molecule has 10 aromatic rings. The van der Waals surface area contributed by atoms with Crippen LogP contribution in [-0.4, -0.2) is 15.0 Å². The molecule has 0 bridgehead atoms. The van der Waals surface area contributed by atoms with Crippen LogP contribution in [0.1, 0.15) is 5.56 Å². The van der Waals surface area contributed by atoms with Crippen LogP contribution in [0.4, 0.5) is 0 Å². The lowest BCUT2D eigenvalue weighted by molar-refractivity contribution is 0.669. The van der Waals surface area contributed by atoms with Crippen molar-refractivity contribution >= 4 is 21.9 Å². The van der Waals surface area contributed by atoms with Crippen molar-refractivity contribution in [2.75, 3.05) is 0 Å². The number of hydrogen-bond donors (Lipinski definition) is 0. The van der Waals surface area contributed by atoms with Gasteiger partial charge in [0.25, 0.3) is 0 Å². The molecule has 0 atom stereocenters. The van der Waals surface area contributed by atoms with Gasteiger partial charge in [0.2, 0.25) is 0 Å². The Hall–Kier alpha value is -7.94. The summed E-state index contributed by atoms with van der Waals surface area (Å²) in [7, 11) is 0. The molecule has 0 amide bonds. The fourth-order valence-electron chi connectivity index (χ4n) is 7.56. The van der Waals surface area contributed by atoms with E-state index in [0.717, 1.165) is 72.0 Å². The van der Waals surface area contributed by atoms with E-state index in [4.69, 9.17) is 19.4 Å². The van der Waals surface area contributed by atoms with Gasteiger partial charge in [-0.15, -0.1) is 0 Å². The molecular formula is C52H32N4O. The van der Waals surface area contributed by atoms with Gasteiger partial charge in [0.1, 0.15) is 11.2 Å². The van der Waals surface area contributed by atoms with Crippen molar-refractivity contribution in [3.8, 4) is 84.7 Å². The lowest BCUT2D eigenvalue weighted by atomic mass is 9.96. The highest BCUT2D eigenvalue weighted by Gasteiger charge is 2.18. The van der Waals surface area contributed by atoms with Crippen LogP contribution in [0.5, 0.6) is 0 Å². The average Bonchev–Trinajstić information content (AvgIpc) is 3.68. The van der Waals surface area contributed by atoms with Crippen molar-refractivity contribution in [2.24, 2.45) is 0 Å². The minimum atomic E-state index is 0.529. The Labute approximate surface area is 329 Å². The minimum Gasteiger partial charge on any atom is -0.456 e. The van der Waals surface area contributed by atoms with Gasteiger partial charge in [0, 0.05) is 27.5 Å². The molecule has 0 aliphatic carbocycles. The molecule has 2 aromatic heterocycles. The van der Waals surface area contributed by atoms with E-state index < -0.39 is 0 Å². The van der Waals surface area contributed by atoms with Crippen LogP contribution in [0.15, 0.2) is 199 Å². The van der Waals surface area contributed by atoms with Gasteiger partial charge < -0.3 is 4.42 Å².